The Labute approximate surface area is 231 Å². The maximum atomic E-state index is 14.9. The second-order valence-corrected chi connectivity index (χ2v) is 10.1. The fourth-order valence-corrected chi connectivity index (χ4v) is 4.18. The number of halogens is 2. The van der Waals surface area contributed by atoms with Gasteiger partial charge < -0.3 is 9.47 Å². The van der Waals surface area contributed by atoms with Crippen molar-refractivity contribution in [1.82, 2.24) is 9.97 Å². The number of benzene rings is 2. The van der Waals surface area contributed by atoms with E-state index in [1.54, 1.807) is 48.8 Å². The first-order chi connectivity index (χ1) is 18.8. The number of unbranched alkanes of at least 4 members (excludes halogenated alkanes) is 5. The summed E-state index contributed by atoms with van der Waals surface area (Å²) in [5, 5.41) is 0. The highest BCUT2D eigenvalue weighted by Gasteiger charge is 2.34. The molecule has 5 nitrogen and oxygen atoms in total. The lowest BCUT2D eigenvalue weighted by atomic mass is 9.99. The molecule has 3 aromatic rings. The molecule has 1 aromatic heterocycles. The summed E-state index contributed by atoms with van der Waals surface area (Å²) in [4.78, 5) is 21.3. The predicted octanol–water partition coefficient (Wildman–Crippen LogP) is 8.71. The van der Waals surface area contributed by atoms with Gasteiger partial charge in [-0.1, -0.05) is 64.5 Å². The van der Waals surface area contributed by atoms with Crippen LogP contribution in [0.4, 0.5) is 8.78 Å². The van der Waals surface area contributed by atoms with Crippen LogP contribution in [0.5, 0.6) is 11.5 Å². The standard InChI is InChI=1S/C32H40F2N2O3/c1-4-6-7-8-9-10-20-32(3,34)31(37)39-29-18-12-24(13-19-29)26-21-35-30(36-22-26)25-14-16-28(17-15-25)38-23-27(33)11-5-2/h12-19,21-22,27H,4-11,20,23H2,1-3H3/t27-,32+/m1/s1. The first-order valence-corrected chi connectivity index (χ1v) is 14.0. The quantitative estimate of drug-likeness (QED) is 0.104. The third kappa shape index (κ3) is 9.72. The van der Waals surface area contributed by atoms with Crippen molar-refractivity contribution in [3.05, 3.63) is 60.9 Å². The van der Waals surface area contributed by atoms with Gasteiger partial charge in [-0.05, 0) is 68.1 Å². The average Bonchev–Trinajstić information content (AvgIpc) is 2.95. The van der Waals surface area contributed by atoms with Crippen molar-refractivity contribution in [3.8, 4) is 34.0 Å². The van der Waals surface area contributed by atoms with Gasteiger partial charge in [-0.25, -0.2) is 23.5 Å². The van der Waals surface area contributed by atoms with E-state index < -0.39 is 17.8 Å². The van der Waals surface area contributed by atoms with Crippen LogP contribution < -0.4 is 9.47 Å². The van der Waals surface area contributed by atoms with Crippen molar-refractivity contribution < 1.29 is 23.0 Å². The van der Waals surface area contributed by atoms with Crippen molar-refractivity contribution in [1.29, 1.82) is 0 Å². The van der Waals surface area contributed by atoms with Gasteiger partial charge in [-0.3, -0.25) is 0 Å². The lowest BCUT2D eigenvalue weighted by Crippen LogP contribution is -2.34. The highest BCUT2D eigenvalue weighted by atomic mass is 19.1. The van der Waals surface area contributed by atoms with Gasteiger partial charge in [0.25, 0.3) is 0 Å². The van der Waals surface area contributed by atoms with Crippen LogP contribution in [0.1, 0.15) is 78.6 Å². The van der Waals surface area contributed by atoms with Crippen molar-refractivity contribution >= 4 is 5.97 Å². The van der Waals surface area contributed by atoms with Gasteiger partial charge in [0.2, 0.25) is 5.67 Å². The predicted molar refractivity (Wildman–Crippen MR) is 151 cm³/mol. The van der Waals surface area contributed by atoms with Gasteiger partial charge in [0.05, 0.1) is 0 Å². The van der Waals surface area contributed by atoms with Crippen LogP contribution in [-0.2, 0) is 4.79 Å². The van der Waals surface area contributed by atoms with E-state index in [0.717, 1.165) is 42.4 Å². The zero-order valence-corrected chi connectivity index (χ0v) is 23.3. The average molecular weight is 539 g/mol. The molecular weight excluding hydrogens is 498 g/mol. The van der Waals surface area contributed by atoms with Crippen molar-refractivity contribution in [2.75, 3.05) is 6.61 Å². The summed E-state index contributed by atoms with van der Waals surface area (Å²) in [5.41, 5.74) is 0.437. The van der Waals surface area contributed by atoms with Crippen LogP contribution in [0.25, 0.3) is 22.5 Å². The number of nitrogens with zero attached hydrogens (tertiary/aromatic N) is 2. The van der Waals surface area contributed by atoms with Crippen LogP contribution in [0.15, 0.2) is 60.9 Å². The number of rotatable bonds is 16. The Morgan fingerprint density at radius 1 is 0.821 bits per heavy atom. The fraction of sp³-hybridized carbons (Fsp3) is 0.469. The SMILES string of the molecule is CCCCCCCC[C@](C)(F)C(=O)Oc1ccc(-c2cnc(-c3ccc(OC[C@H](F)CCC)cc3)nc2)cc1. The molecule has 0 saturated heterocycles. The van der Waals surface area contributed by atoms with E-state index in [1.807, 2.05) is 19.1 Å². The second-order valence-electron chi connectivity index (χ2n) is 10.1. The minimum absolute atomic E-state index is 0.0443. The Hall–Kier alpha value is -3.35. The van der Waals surface area contributed by atoms with E-state index in [2.05, 4.69) is 16.9 Å². The molecule has 0 N–H and O–H groups in total. The molecule has 0 fully saturated rings. The molecule has 0 aliphatic rings. The smallest absolute Gasteiger partial charge is 0.348 e. The van der Waals surface area contributed by atoms with Crippen molar-refractivity contribution in [3.63, 3.8) is 0 Å². The molecule has 2 aromatic carbocycles. The monoisotopic (exact) mass is 538 g/mol. The normalized spacial score (nSPS) is 13.5. The highest BCUT2D eigenvalue weighted by Crippen LogP contribution is 2.27. The van der Waals surface area contributed by atoms with Gasteiger partial charge in [0.15, 0.2) is 5.82 Å². The van der Waals surface area contributed by atoms with E-state index >= 15 is 0 Å². The van der Waals surface area contributed by atoms with E-state index in [4.69, 9.17) is 9.47 Å². The van der Waals surface area contributed by atoms with E-state index in [-0.39, 0.29) is 13.0 Å². The minimum Gasteiger partial charge on any atom is -0.491 e. The molecule has 0 aliphatic carbocycles. The zero-order valence-electron chi connectivity index (χ0n) is 23.3. The largest absolute Gasteiger partial charge is 0.491 e. The number of ether oxygens (including phenoxy) is 2. The van der Waals surface area contributed by atoms with Crippen LogP contribution in [-0.4, -0.2) is 34.4 Å². The molecule has 0 spiro atoms. The van der Waals surface area contributed by atoms with Crippen LogP contribution in [0, 0.1) is 0 Å². The molecule has 0 amide bonds. The molecule has 3 rings (SSSR count). The maximum absolute atomic E-state index is 14.9. The molecule has 39 heavy (non-hydrogen) atoms. The second kappa shape index (κ2) is 15.3. The van der Waals surface area contributed by atoms with E-state index in [1.165, 1.54) is 19.8 Å². The van der Waals surface area contributed by atoms with E-state index in [9.17, 15) is 13.6 Å². The highest BCUT2D eigenvalue weighted by molar-refractivity contribution is 5.81. The van der Waals surface area contributed by atoms with Gasteiger partial charge in [-0.2, -0.15) is 0 Å². The number of carbonyl (C=O) groups is 1. The molecule has 2 atom stereocenters. The number of alkyl halides is 2. The molecule has 210 valence electrons. The number of esters is 1. The maximum Gasteiger partial charge on any atom is 0.348 e. The summed E-state index contributed by atoms with van der Waals surface area (Å²) in [5.74, 6) is 0.589. The van der Waals surface area contributed by atoms with Gasteiger partial charge in [-0.15, -0.1) is 0 Å². The first-order valence-electron chi connectivity index (χ1n) is 14.0. The molecule has 0 aliphatic heterocycles. The topological polar surface area (TPSA) is 61.3 Å². The Morgan fingerprint density at radius 3 is 2.05 bits per heavy atom. The minimum atomic E-state index is -2.01. The molecule has 0 unspecified atom stereocenters. The number of hydrogen-bond acceptors (Lipinski definition) is 5. The summed E-state index contributed by atoms with van der Waals surface area (Å²) in [6, 6.07) is 14.1. The molecule has 0 saturated carbocycles. The summed E-state index contributed by atoms with van der Waals surface area (Å²) in [6.07, 6.45) is 10.0. The summed E-state index contributed by atoms with van der Waals surface area (Å²) in [7, 11) is 0. The Kier molecular flexibility index (Phi) is 11.8. The van der Waals surface area contributed by atoms with Gasteiger partial charge in [0, 0.05) is 23.5 Å². The Bertz CT molecular complexity index is 1130. The first kappa shape index (κ1) is 30.2. The summed E-state index contributed by atoms with van der Waals surface area (Å²) in [6.45, 7) is 5.44. The lowest BCUT2D eigenvalue weighted by Gasteiger charge is -2.18. The van der Waals surface area contributed by atoms with Crippen molar-refractivity contribution in [2.45, 2.75) is 90.4 Å². The number of aromatic nitrogens is 2. The van der Waals surface area contributed by atoms with Crippen LogP contribution in [0.3, 0.4) is 0 Å². The fourth-order valence-electron chi connectivity index (χ4n) is 4.18. The van der Waals surface area contributed by atoms with Crippen LogP contribution >= 0.6 is 0 Å². The third-order valence-corrected chi connectivity index (χ3v) is 6.62. The van der Waals surface area contributed by atoms with Crippen molar-refractivity contribution in [2.24, 2.45) is 0 Å². The van der Waals surface area contributed by atoms with Gasteiger partial charge >= 0.3 is 5.97 Å². The molecule has 1 heterocycles. The third-order valence-electron chi connectivity index (χ3n) is 6.62. The molecular formula is C32H40F2N2O3. The Morgan fingerprint density at radius 2 is 1.41 bits per heavy atom. The summed E-state index contributed by atoms with van der Waals surface area (Å²) >= 11 is 0. The van der Waals surface area contributed by atoms with Gasteiger partial charge in [0.1, 0.15) is 24.3 Å². The lowest BCUT2D eigenvalue weighted by molar-refractivity contribution is -0.147. The molecule has 0 bridgehead atoms. The van der Waals surface area contributed by atoms with E-state index in [0.29, 0.717) is 30.2 Å². The van der Waals surface area contributed by atoms with Crippen LogP contribution in [0.2, 0.25) is 0 Å². The Balaban J connectivity index is 1.52. The zero-order chi connectivity index (χ0) is 28.1. The number of hydrogen-bond donors (Lipinski definition) is 0. The number of carbonyl (C=O) groups excluding carboxylic acids is 1. The molecule has 0 radical (unpaired) electrons. The summed E-state index contributed by atoms with van der Waals surface area (Å²) < 4.78 is 39.3. The molecule has 7 heteroatoms.